The molecule has 13 heavy (non-hydrogen) atoms. The minimum Gasteiger partial charge on any atom is -0.330 e. The SMILES string of the molecule is NCCc1csc(-c2nccs2)n1. The van der Waals surface area contributed by atoms with E-state index >= 15 is 0 Å². The molecule has 0 aromatic carbocycles. The number of hydrogen-bond acceptors (Lipinski definition) is 5. The van der Waals surface area contributed by atoms with Gasteiger partial charge in [-0.2, -0.15) is 0 Å². The van der Waals surface area contributed by atoms with Crippen LogP contribution in [-0.2, 0) is 6.42 Å². The Hall–Kier alpha value is -0.780. The number of aromatic nitrogens is 2. The average Bonchev–Trinajstić information content (AvgIpc) is 2.70. The molecule has 2 rings (SSSR count). The lowest BCUT2D eigenvalue weighted by atomic mass is 10.3. The zero-order valence-electron chi connectivity index (χ0n) is 6.93. The van der Waals surface area contributed by atoms with Crippen molar-refractivity contribution in [3.8, 4) is 10.0 Å². The highest BCUT2D eigenvalue weighted by Crippen LogP contribution is 2.25. The molecule has 5 heteroatoms. The Bertz CT molecular complexity index is 366. The molecule has 2 aromatic rings. The molecule has 2 aromatic heterocycles. The van der Waals surface area contributed by atoms with Crippen LogP contribution in [0, 0.1) is 0 Å². The number of thiazole rings is 2. The average molecular weight is 211 g/mol. The molecule has 0 aliphatic heterocycles. The fourth-order valence-electron chi connectivity index (χ4n) is 0.997. The summed E-state index contributed by atoms with van der Waals surface area (Å²) in [5.74, 6) is 0. The minimum atomic E-state index is 0.654. The maximum Gasteiger partial charge on any atom is 0.152 e. The highest BCUT2D eigenvalue weighted by molar-refractivity contribution is 7.19. The molecule has 0 unspecified atom stereocenters. The molecule has 3 nitrogen and oxygen atoms in total. The standard InChI is InChI=1S/C8H9N3S2/c9-2-1-6-5-13-8(11-6)7-10-3-4-12-7/h3-5H,1-2,9H2. The molecule has 0 fully saturated rings. The quantitative estimate of drug-likeness (QED) is 0.841. The highest BCUT2D eigenvalue weighted by atomic mass is 32.1. The Kier molecular flexibility index (Phi) is 2.68. The lowest BCUT2D eigenvalue weighted by Crippen LogP contribution is -2.02. The molecule has 2 N–H and O–H groups in total. The van der Waals surface area contributed by atoms with Gasteiger partial charge in [0, 0.05) is 23.4 Å². The van der Waals surface area contributed by atoms with Crippen molar-refractivity contribution in [2.45, 2.75) is 6.42 Å². The molecule has 0 spiro atoms. The van der Waals surface area contributed by atoms with Crippen molar-refractivity contribution < 1.29 is 0 Å². The smallest absolute Gasteiger partial charge is 0.152 e. The van der Waals surface area contributed by atoms with Crippen molar-refractivity contribution in [2.75, 3.05) is 6.54 Å². The molecule has 0 saturated heterocycles. The van der Waals surface area contributed by atoms with E-state index in [0.717, 1.165) is 22.1 Å². The highest BCUT2D eigenvalue weighted by Gasteiger charge is 2.05. The third-order valence-corrected chi connectivity index (χ3v) is 3.37. The fourth-order valence-corrected chi connectivity index (χ4v) is 2.55. The Balaban J connectivity index is 2.23. The van der Waals surface area contributed by atoms with Crippen LogP contribution in [0.4, 0.5) is 0 Å². The summed E-state index contributed by atoms with van der Waals surface area (Å²) in [6, 6.07) is 0. The number of hydrogen-bond donors (Lipinski definition) is 1. The van der Waals surface area contributed by atoms with Crippen LogP contribution >= 0.6 is 22.7 Å². The van der Waals surface area contributed by atoms with Crippen LogP contribution in [0.1, 0.15) is 5.69 Å². The van der Waals surface area contributed by atoms with Gasteiger partial charge in [-0.25, -0.2) is 9.97 Å². The van der Waals surface area contributed by atoms with Gasteiger partial charge in [0.1, 0.15) is 0 Å². The summed E-state index contributed by atoms with van der Waals surface area (Å²) in [4.78, 5) is 8.62. The molecule has 68 valence electrons. The first-order chi connectivity index (χ1) is 6.40. The van der Waals surface area contributed by atoms with Gasteiger partial charge in [0.05, 0.1) is 5.69 Å². The van der Waals surface area contributed by atoms with Crippen molar-refractivity contribution >= 4 is 22.7 Å². The summed E-state index contributed by atoms with van der Waals surface area (Å²) in [6.07, 6.45) is 2.64. The summed E-state index contributed by atoms with van der Waals surface area (Å²) in [6.45, 7) is 0.654. The van der Waals surface area contributed by atoms with E-state index in [4.69, 9.17) is 5.73 Å². The molecule has 0 radical (unpaired) electrons. The van der Waals surface area contributed by atoms with Gasteiger partial charge < -0.3 is 5.73 Å². The molecule has 0 saturated carbocycles. The largest absolute Gasteiger partial charge is 0.330 e. The van der Waals surface area contributed by atoms with Crippen molar-refractivity contribution in [2.24, 2.45) is 5.73 Å². The van der Waals surface area contributed by atoms with Crippen LogP contribution < -0.4 is 5.73 Å². The molecular formula is C8H9N3S2. The molecule has 0 aliphatic rings. The van der Waals surface area contributed by atoms with E-state index in [1.165, 1.54) is 0 Å². The van der Waals surface area contributed by atoms with Crippen LogP contribution in [0.2, 0.25) is 0 Å². The van der Waals surface area contributed by atoms with Gasteiger partial charge in [-0.3, -0.25) is 0 Å². The lowest BCUT2D eigenvalue weighted by molar-refractivity contribution is 0.936. The second kappa shape index (κ2) is 3.95. The summed E-state index contributed by atoms with van der Waals surface area (Å²) < 4.78 is 0. The van der Waals surface area contributed by atoms with Crippen LogP contribution in [-0.4, -0.2) is 16.5 Å². The lowest BCUT2D eigenvalue weighted by Gasteiger charge is -1.88. The summed E-state index contributed by atoms with van der Waals surface area (Å²) in [5, 5.41) is 6.00. The molecule has 0 bridgehead atoms. The van der Waals surface area contributed by atoms with E-state index in [2.05, 4.69) is 9.97 Å². The molecule has 0 atom stereocenters. The van der Waals surface area contributed by atoms with Crippen molar-refractivity contribution in [3.05, 3.63) is 22.7 Å². The van der Waals surface area contributed by atoms with Crippen molar-refractivity contribution in [1.82, 2.24) is 9.97 Å². The second-order valence-electron chi connectivity index (χ2n) is 2.52. The maximum absolute atomic E-state index is 5.44. The first-order valence-corrected chi connectivity index (χ1v) is 5.70. The van der Waals surface area contributed by atoms with E-state index in [-0.39, 0.29) is 0 Å². The van der Waals surface area contributed by atoms with Crippen molar-refractivity contribution in [3.63, 3.8) is 0 Å². The van der Waals surface area contributed by atoms with Gasteiger partial charge in [-0.1, -0.05) is 0 Å². The zero-order valence-corrected chi connectivity index (χ0v) is 8.57. The summed E-state index contributed by atoms with van der Waals surface area (Å²) in [5.41, 5.74) is 6.51. The van der Waals surface area contributed by atoms with Crippen LogP contribution in [0.25, 0.3) is 10.0 Å². The summed E-state index contributed by atoms with van der Waals surface area (Å²) in [7, 11) is 0. The van der Waals surface area contributed by atoms with E-state index in [1.807, 2.05) is 10.8 Å². The molecule has 2 heterocycles. The van der Waals surface area contributed by atoms with Gasteiger partial charge in [-0.15, -0.1) is 22.7 Å². The third kappa shape index (κ3) is 1.93. The maximum atomic E-state index is 5.44. The van der Waals surface area contributed by atoms with Crippen LogP contribution in [0.15, 0.2) is 17.0 Å². The molecule has 0 aliphatic carbocycles. The predicted octanol–water partition coefficient (Wildman–Crippen LogP) is 1.77. The molecular weight excluding hydrogens is 202 g/mol. The van der Waals surface area contributed by atoms with Gasteiger partial charge in [-0.05, 0) is 6.54 Å². The van der Waals surface area contributed by atoms with Crippen LogP contribution in [0.5, 0.6) is 0 Å². The minimum absolute atomic E-state index is 0.654. The Morgan fingerprint density at radius 1 is 1.31 bits per heavy atom. The van der Waals surface area contributed by atoms with Crippen molar-refractivity contribution in [1.29, 1.82) is 0 Å². The van der Waals surface area contributed by atoms with E-state index in [1.54, 1.807) is 28.9 Å². The Morgan fingerprint density at radius 2 is 2.23 bits per heavy atom. The van der Waals surface area contributed by atoms with Gasteiger partial charge >= 0.3 is 0 Å². The van der Waals surface area contributed by atoms with Gasteiger partial charge in [0.25, 0.3) is 0 Å². The number of nitrogens with zero attached hydrogens (tertiary/aromatic N) is 2. The first kappa shape index (κ1) is 8.80. The zero-order chi connectivity index (χ0) is 9.10. The second-order valence-corrected chi connectivity index (χ2v) is 4.27. The third-order valence-electron chi connectivity index (χ3n) is 1.57. The molecule has 0 amide bonds. The first-order valence-electron chi connectivity index (χ1n) is 3.94. The van der Waals surface area contributed by atoms with Gasteiger partial charge in [0.15, 0.2) is 10.0 Å². The predicted molar refractivity (Wildman–Crippen MR) is 56.0 cm³/mol. The van der Waals surface area contributed by atoms with E-state index in [0.29, 0.717) is 6.54 Å². The van der Waals surface area contributed by atoms with E-state index < -0.39 is 0 Å². The Labute approximate surface area is 84.3 Å². The number of nitrogens with two attached hydrogens (primary N) is 1. The Morgan fingerprint density at radius 3 is 2.92 bits per heavy atom. The topological polar surface area (TPSA) is 51.8 Å². The van der Waals surface area contributed by atoms with Crippen LogP contribution in [0.3, 0.4) is 0 Å². The normalized spacial score (nSPS) is 10.5. The van der Waals surface area contributed by atoms with Gasteiger partial charge in [0.2, 0.25) is 0 Å². The van der Waals surface area contributed by atoms with E-state index in [9.17, 15) is 0 Å². The fraction of sp³-hybridized carbons (Fsp3) is 0.250. The number of rotatable bonds is 3. The monoisotopic (exact) mass is 211 g/mol. The summed E-state index contributed by atoms with van der Waals surface area (Å²) >= 11 is 3.24.